The van der Waals surface area contributed by atoms with Crippen LogP contribution < -0.4 is 19.6 Å². The number of phenols is 1. The van der Waals surface area contributed by atoms with Gasteiger partial charge in [-0.3, -0.25) is 29.0 Å². The molecule has 1 N–H and O–H groups in total. The number of morpholine rings is 2. The fourth-order valence-corrected chi connectivity index (χ4v) is 10.3. The van der Waals surface area contributed by atoms with Gasteiger partial charge < -0.3 is 24.4 Å². The zero-order chi connectivity index (χ0) is 37.4. The van der Waals surface area contributed by atoms with Gasteiger partial charge in [-0.1, -0.05) is 42.0 Å². The normalized spacial score (nSPS) is 28.0. The number of anilines is 4. The molecule has 0 radical (unpaired) electrons. The number of hydrogen-bond donors (Lipinski definition) is 1. The number of imide groups is 2. The average Bonchev–Trinajstić information content (AvgIpc) is 3.64. The highest BCUT2D eigenvalue weighted by atomic mass is 16.5. The SMILES string of the molecule is O=C1[C@H]2[C@H](CC=C3[C@H]2C[C@H]2C(=O)N(c4ccc(N5CCOCC5)cc4)C(=O)[C@H]2[C@H]3c2c(O)ccc3ccccc23)C(=O)N1c1ccc(N2CCOCC2)cc1. The number of carbonyl (C=O) groups is 4. The van der Waals surface area contributed by atoms with Gasteiger partial charge in [0.15, 0.2) is 0 Å². The summed E-state index contributed by atoms with van der Waals surface area (Å²) >= 11 is 0. The molecule has 0 aromatic heterocycles. The summed E-state index contributed by atoms with van der Waals surface area (Å²) in [4.78, 5) is 65.3. The molecule has 4 aromatic rings. The van der Waals surface area contributed by atoms with Crippen molar-refractivity contribution < 1.29 is 33.8 Å². The molecule has 4 heterocycles. The number of amides is 4. The second kappa shape index (κ2) is 13.3. The second-order valence-corrected chi connectivity index (χ2v) is 15.5. The molecule has 4 saturated heterocycles. The number of phenolic OH excluding ortho intramolecular Hbond substituents is 1. The van der Waals surface area contributed by atoms with Gasteiger partial charge in [-0.2, -0.15) is 0 Å². The van der Waals surface area contributed by atoms with E-state index in [1.807, 2.05) is 84.9 Å². The average molecular weight is 739 g/mol. The van der Waals surface area contributed by atoms with Crippen LogP contribution in [-0.2, 0) is 28.7 Å². The van der Waals surface area contributed by atoms with Crippen molar-refractivity contribution in [3.05, 3.63) is 102 Å². The van der Waals surface area contributed by atoms with Crippen LogP contribution in [0.3, 0.4) is 0 Å². The quantitative estimate of drug-likeness (QED) is 0.216. The minimum absolute atomic E-state index is 0.0375. The van der Waals surface area contributed by atoms with Gasteiger partial charge in [0.1, 0.15) is 5.75 Å². The molecule has 0 spiro atoms. The van der Waals surface area contributed by atoms with Crippen molar-refractivity contribution in [3.8, 4) is 5.75 Å². The molecule has 0 bridgehead atoms. The van der Waals surface area contributed by atoms with Crippen molar-refractivity contribution in [2.24, 2.45) is 29.6 Å². The number of benzene rings is 4. The molecule has 6 aliphatic rings. The lowest BCUT2D eigenvalue weighted by Gasteiger charge is -2.44. The first-order valence-corrected chi connectivity index (χ1v) is 19.4. The molecule has 1 saturated carbocycles. The molecule has 6 atom stereocenters. The third-order valence-corrected chi connectivity index (χ3v) is 12.9. The number of hydrogen-bond acceptors (Lipinski definition) is 9. The Kier molecular flexibility index (Phi) is 8.25. The Balaban J connectivity index is 1.03. The van der Waals surface area contributed by atoms with E-state index in [9.17, 15) is 24.3 Å². The summed E-state index contributed by atoms with van der Waals surface area (Å²) in [6, 6.07) is 26.3. The Morgan fingerprint density at radius 3 is 1.67 bits per heavy atom. The number of fused-ring (bicyclic) bond motifs is 5. The molecule has 55 heavy (non-hydrogen) atoms. The van der Waals surface area contributed by atoms with Gasteiger partial charge in [0.2, 0.25) is 23.6 Å². The van der Waals surface area contributed by atoms with E-state index >= 15 is 0 Å². The molecule has 0 unspecified atom stereocenters. The smallest absolute Gasteiger partial charge is 0.238 e. The second-order valence-electron chi connectivity index (χ2n) is 15.5. The first-order chi connectivity index (χ1) is 26.9. The van der Waals surface area contributed by atoms with Gasteiger partial charge in [0.05, 0.1) is 61.5 Å². The van der Waals surface area contributed by atoms with Crippen molar-refractivity contribution in [1.29, 1.82) is 0 Å². The summed E-state index contributed by atoms with van der Waals surface area (Å²) in [5, 5.41) is 13.3. The Morgan fingerprint density at radius 2 is 1.07 bits per heavy atom. The molecule has 2 aliphatic carbocycles. The van der Waals surface area contributed by atoms with Crippen molar-refractivity contribution in [1.82, 2.24) is 0 Å². The Labute approximate surface area is 318 Å². The van der Waals surface area contributed by atoms with Gasteiger partial charge in [0, 0.05) is 49.0 Å². The summed E-state index contributed by atoms with van der Waals surface area (Å²) in [6.45, 7) is 5.65. The summed E-state index contributed by atoms with van der Waals surface area (Å²) in [7, 11) is 0. The zero-order valence-electron chi connectivity index (χ0n) is 30.4. The minimum atomic E-state index is -0.793. The molecule has 5 fully saturated rings. The van der Waals surface area contributed by atoms with Crippen molar-refractivity contribution in [2.45, 2.75) is 18.8 Å². The van der Waals surface area contributed by atoms with Crippen LogP contribution in [0.25, 0.3) is 10.8 Å². The van der Waals surface area contributed by atoms with Crippen LogP contribution in [0.2, 0.25) is 0 Å². The summed E-state index contributed by atoms with van der Waals surface area (Å²) in [6.07, 6.45) is 2.62. The van der Waals surface area contributed by atoms with Crippen molar-refractivity contribution in [2.75, 3.05) is 72.2 Å². The predicted octanol–water partition coefficient (Wildman–Crippen LogP) is 5.26. The van der Waals surface area contributed by atoms with Gasteiger partial charge >= 0.3 is 0 Å². The Bertz CT molecular complexity index is 2240. The molecule has 4 amide bonds. The molecule has 10 rings (SSSR count). The molecule has 11 nitrogen and oxygen atoms in total. The lowest BCUT2D eigenvalue weighted by Crippen LogP contribution is -2.43. The van der Waals surface area contributed by atoms with Crippen LogP contribution >= 0.6 is 0 Å². The fraction of sp³-hybridized carbons (Fsp3) is 0.364. The molecule has 4 aliphatic heterocycles. The van der Waals surface area contributed by atoms with Crippen molar-refractivity contribution in [3.63, 3.8) is 0 Å². The molecule has 4 aromatic carbocycles. The van der Waals surface area contributed by atoms with Crippen LogP contribution in [0, 0.1) is 29.6 Å². The maximum Gasteiger partial charge on any atom is 0.238 e. The van der Waals surface area contributed by atoms with E-state index in [4.69, 9.17) is 9.47 Å². The van der Waals surface area contributed by atoms with E-state index in [1.165, 1.54) is 9.80 Å². The summed E-state index contributed by atoms with van der Waals surface area (Å²) in [5.41, 5.74) is 4.46. The molecular weight excluding hydrogens is 697 g/mol. The highest BCUT2D eigenvalue weighted by molar-refractivity contribution is 6.24. The first kappa shape index (κ1) is 34.0. The number of nitrogens with zero attached hydrogens (tertiary/aromatic N) is 4. The van der Waals surface area contributed by atoms with Crippen LogP contribution in [0.1, 0.15) is 24.3 Å². The standard InChI is InChI=1S/C44H42N4O7/c49-36-16-5-26-3-1-2-4-31(26)38(36)39-32-14-15-33-37(43(52)47(41(33)50)29-10-6-27(7-11-29)45-17-21-54-22-18-45)34(32)25-35-40(39)44(53)48(42(35)51)30-12-8-28(9-13-30)46-19-23-55-24-20-46/h1-14,16,33-35,37,39-40,49H,15,17-25H2/t33-,34+,35+,37-,39+,40+/m0/s1. The van der Waals surface area contributed by atoms with E-state index in [0.29, 0.717) is 49.8 Å². The summed E-state index contributed by atoms with van der Waals surface area (Å²) < 4.78 is 11.0. The van der Waals surface area contributed by atoms with Gasteiger partial charge in [-0.15, -0.1) is 0 Å². The van der Waals surface area contributed by atoms with E-state index in [1.54, 1.807) is 6.07 Å². The Morgan fingerprint density at radius 1 is 0.545 bits per heavy atom. The van der Waals surface area contributed by atoms with Crippen LogP contribution in [0.5, 0.6) is 5.75 Å². The van der Waals surface area contributed by atoms with Gasteiger partial charge in [0.25, 0.3) is 0 Å². The van der Waals surface area contributed by atoms with Gasteiger partial charge in [-0.05, 0) is 84.1 Å². The maximum atomic E-state index is 14.8. The van der Waals surface area contributed by atoms with E-state index in [0.717, 1.165) is 53.9 Å². The summed E-state index contributed by atoms with van der Waals surface area (Å²) in [5.74, 6) is -5.09. The molecule has 280 valence electrons. The fourth-order valence-electron chi connectivity index (χ4n) is 10.3. The third kappa shape index (κ3) is 5.38. The zero-order valence-corrected chi connectivity index (χ0v) is 30.4. The maximum absolute atomic E-state index is 14.8. The highest BCUT2D eigenvalue weighted by Gasteiger charge is 2.62. The third-order valence-electron chi connectivity index (χ3n) is 12.9. The van der Waals surface area contributed by atoms with Crippen molar-refractivity contribution >= 4 is 57.2 Å². The monoisotopic (exact) mass is 738 g/mol. The van der Waals surface area contributed by atoms with E-state index in [-0.39, 0.29) is 35.8 Å². The number of aromatic hydroxyl groups is 1. The lowest BCUT2D eigenvalue weighted by atomic mass is 9.56. The highest BCUT2D eigenvalue weighted by Crippen LogP contribution is 2.60. The number of ether oxygens (including phenoxy) is 2. The van der Waals surface area contributed by atoms with Crippen LogP contribution in [0.4, 0.5) is 22.7 Å². The number of allylic oxidation sites excluding steroid dienone is 2. The number of carbonyl (C=O) groups excluding carboxylic acids is 4. The lowest BCUT2D eigenvalue weighted by molar-refractivity contribution is -0.126. The first-order valence-electron chi connectivity index (χ1n) is 19.4. The minimum Gasteiger partial charge on any atom is -0.508 e. The Hall–Kier alpha value is -5.52. The topological polar surface area (TPSA) is 120 Å². The largest absolute Gasteiger partial charge is 0.508 e. The predicted molar refractivity (Wildman–Crippen MR) is 207 cm³/mol. The van der Waals surface area contributed by atoms with E-state index in [2.05, 4.69) is 9.80 Å². The molecular formula is C44H42N4O7. The van der Waals surface area contributed by atoms with E-state index < -0.39 is 35.5 Å². The van der Waals surface area contributed by atoms with Gasteiger partial charge in [-0.25, -0.2) is 0 Å². The molecule has 11 heteroatoms. The van der Waals surface area contributed by atoms with Crippen LogP contribution in [0.15, 0.2) is 96.6 Å². The van der Waals surface area contributed by atoms with Crippen LogP contribution in [-0.4, -0.2) is 81.3 Å². The number of rotatable bonds is 5.